The van der Waals surface area contributed by atoms with E-state index in [1.165, 1.54) is 11.1 Å². The summed E-state index contributed by atoms with van der Waals surface area (Å²) >= 11 is 0. The molecule has 2 aromatic rings. The Hall–Kier alpha value is -1.65. The van der Waals surface area contributed by atoms with Crippen molar-refractivity contribution in [2.24, 2.45) is 12.8 Å². The standard InChI is InChI=1S/C15H22N4/c1-11(13-7-5-4-6-8-13)17-15(9-16)14-10-19(3)18-12(14)2/h4-8,10-11,15,17H,9,16H2,1-3H3. The number of benzene rings is 1. The highest BCUT2D eigenvalue weighted by Gasteiger charge is 2.17. The van der Waals surface area contributed by atoms with Gasteiger partial charge in [0.05, 0.1) is 5.69 Å². The van der Waals surface area contributed by atoms with Crippen molar-refractivity contribution in [1.29, 1.82) is 0 Å². The predicted molar refractivity (Wildman–Crippen MR) is 77.7 cm³/mol. The van der Waals surface area contributed by atoms with Crippen LogP contribution in [0, 0.1) is 6.92 Å². The van der Waals surface area contributed by atoms with Crippen LogP contribution in [-0.4, -0.2) is 16.3 Å². The van der Waals surface area contributed by atoms with Gasteiger partial charge in [0.2, 0.25) is 0 Å². The van der Waals surface area contributed by atoms with Crippen LogP contribution >= 0.6 is 0 Å². The lowest BCUT2D eigenvalue weighted by Gasteiger charge is -2.22. The van der Waals surface area contributed by atoms with Crippen molar-refractivity contribution in [3.8, 4) is 0 Å². The Morgan fingerprint density at radius 3 is 2.53 bits per heavy atom. The highest BCUT2D eigenvalue weighted by atomic mass is 15.3. The largest absolute Gasteiger partial charge is 0.329 e. The molecule has 1 aromatic carbocycles. The maximum atomic E-state index is 5.91. The number of rotatable bonds is 5. The Balaban J connectivity index is 2.14. The molecular formula is C15H22N4. The molecule has 3 N–H and O–H groups in total. The summed E-state index contributed by atoms with van der Waals surface area (Å²) in [7, 11) is 1.94. The number of aromatic nitrogens is 2. The van der Waals surface area contributed by atoms with Crippen LogP contribution in [0.1, 0.15) is 35.8 Å². The minimum absolute atomic E-state index is 0.129. The molecule has 0 fully saturated rings. The van der Waals surface area contributed by atoms with Crippen LogP contribution in [0.4, 0.5) is 0 Å². The predicted octanol–water partition coefficient (Wildman–Crippen LogP) is 2.08. The maximum absolute atomic E-state index is 5.91. The van der Waals surface area contributed by atoms with Gasteiger partial charge in [0.25, 0.3) is 0 Å². The second-order valence-electron chi connectivity index (χ2n) is 4.93. The molecule has 2 rings (SSSR count). The van der Waals surface area contributed by atoms with Crippen molar-refractivity contribution in [2.45, 2.75) is 25.9 Å². The van der Waals surface area contributed by atoms with Gasteiger partial charge in [-0.15, -0.1) is 0 Å². The minimum atomic E-state index is 0.129. The Bertz CT molecular complexity index is 518. The van der Waals surface area contributed by atoms with Gasteiger partial charge in [-0.1, -0.05) is 30.3 Å². The molecule has 2 unspecified atom stereocenters. The molecule has 0 amide bonds. The lowest BCUT2D eigenvalue weighted by atomic mass is 10.0. The first-order valence-corrected chi connectivity index (χ1v) is 6.63. The van der Waals surface area contributed by atoms with Gasteiger partial charge in [0, 0.05) is 37.4 Å². The van der Waals surface area contributed by atoms with Gasteiger partial charge < -0.3 is 11.1 Å². The van der Waals surface area contributed by atoms with E-state index in [9.17, 15) is 0 Å². The molecular weight excluding hydrogens is 236 g/mol. The molecule has 0 spiro atoms. The summed E-state index contributed by atoms with van der Waals surface area (Å²) in [5.41, 5.74) is 9.38. The van der Waals surface area contributed by atoms with Crippen LogP contribution in [0.5, 0.6) is 0 Å². The second kappa shape index (κ2) is 5.99. The van der Waals surface area contributed by atoms with E-state index in [4.69, 9.17) is 5.73 Å². The van der Waals surface area contributed by atoms with Crippen molar-refractivity contribution < 1.29 is 0 Å². The molecule has 0 bridgehead atoms. The van der Waals surface area contributed by atoms with Gasteiger partial charge in [-0.25, -0.2) is 0 Å². The van der Waals surface area contributed by atoms with E-state index in [1.807, 2.05) is 30.9 Å². The van der Waals surface area contributed by atoms with E-state index in [1.54, 1.807) is 0 Å². The van der Waals surface area contributed by atoms with E-state index < -0.39 is 0 Å². The van der Waals surface area contributed by atoms with Crippen molar-refractivity contribution >= 4 is 0 Å². The number of aryl methyl sites for hydroxylation is 2. The molecule has 2 atom stereocenters. The van der Waals surface area contributed by atoms with E-state index in [-0.39, 0.29) is 12.1 Å². The van der Waals surface area contributed by atoms with Crippen molar-refractivity contribution in [1.82, 2.24) is 15.1 Å². The Kier molecular flexibility index (Phi) is 4.35. The van der Waals surface area contributed by atoms with Crippen LogP contribution in [0.3, 0.4) is 0 Å². The SMILES string of the molecule is Cc1nn(C)cc1C(CN)NC(C)c1ccccc1. The number of nitrogens with two attached hydrogens (primary N) is 1. The summed E-state index contributed by atoms with van der Waals surface area (Å²) in [4.78, 5) is 0. The van der Waals surface area contributed by atoms with Crippen LogP contribution in [0.25, 0.3) is 0 Å². The van der Waals surface area contributed by atoms with E-state index in [0.717, 1.165) is 5.69 Å². The fraction of sp³-hybridized carbons (Fsp3) is 0.400. The van der Waals surface area contributed by atoms with Crippen molar-refractivity contribution in [2.75, 3.05) is 6.54 Å². The Morgan fingerprint density at radius 2 is 2.00 bits per heavy atom. The van der Waals surface area contributed by atoms with Crippen LogP contribution in [0.15, 0.2) is 36.5 Å². The minimum Gasteiger partial charge on any atom is -0.329 e. The topological polar surface area (TPSA) is 55.9 Å². The third-order valence-electron chi connectivity index (χ3n) is 3.41. The van der Waals surface area contributed by atoms with Gasteiger partial charge in [-0.3, -0.25) is 4.68 Å². The van der Waals surface area contributed by atoms with Crippen LogP contribution < -0.4 is 11.1 Å². The van der Waals surface area contributed by atoms with Crippen molar-refractivity contribution in [3.05, 3.63) is 53.3 Å². The molecule has 0 saturated heterocycles. The van der Waals surface area contributed by atoms with Crippen LogP contribution in [0.2, 0.25) is 0 Å². The van der Waals surface area contributed by atoms with E-state index in [0.29, 0.717) is 6.54 Å². The monoisotopic (exact) mass is 258 g/mol. The number of hydrogen-bond acceptors (Lipinski definition) is 3. The van der Waals surface area contributed by atoms with Crippen LogP contribution in [-0.2, 0) is 7.05 Å². The number of nitrogens with zero attached hydrogens (tertiary/aromatic N) is 2. The fourth-order valence-electron chi connectivity index (χ4n) is 2.38. The molecule has 1 aromatic heterocycles. The lowest BCUT2D eigenvalue weighted by Crippen LogP contribution is -2.30. The quantitative estimate of drug-likeness (QED) is 0.863. The summed E-state index contributed by atoms with van der Waals surface area (Å²) < 4.78 is 1.84. The Labute approximate surface area is 114 Å². The number of hydrogen-bond donors (Lipinski definition) is 2. The zero-order chi connectivity index (χ0) is 13.8. The molecule has 0 aliphatic carbocycles. The Morgan fingerprint density at radius 1 is 1.32 bits per heavy atom. The average Bonchev–Trinajstić information content (AvgIpc) is 2.75. The van der Waals surface area contributed by atoms with E-state index in [2.05, 4.69) is 41.6 Å². The van der Waals surface area contributed by atoms with Gasteiger partial charge in [-0.2, -0.15) is 5.10 Å². The lowest BCUT2D eigenvalue weighted by molar-refractivity contribution is 0.471. The first-order valence-electron chi connectivity index (χ1n) is 6.63. The first-order chi connectivity index (χ1) is 9.11. The smallest absolute Gasteiger partial charge is 0.0641 e. The van der Waals surface area contributed by atoms with E-state index >= 15 is 0 Å². The third kappa shape index (κ3) is 3.22. The molecule has 19 heavy (non-hydrogen) atoms. The molecule has 0 aliphatic heterocycles. The normalized spacial score (nSPS) is 14.3. The van der Waals surface area contributed by atoms with Gasteiger partial charge >= 0.3 is 0 Å². The van der Waals surface area contributed by atoms with Crippen molar-refractivity contribution in [3.63, 3.8) is 0 Å². The van der Waals surface area contributed by atoms with Gasteiger partial charge in [0.1, 0.15) is 0 Å². The molecule has 4 nitrogen and oxygen atoms in total. The summed E-state index contributed by atoms with van der Waals surface area (Å²) in [6, 6.07) is 10.8. The zero-order valence-corrected chi connectivity index (χ0v) is 11.8. The highest BCUT2D eigenvalue weighted by molar-refractivity contribution is 5.23. The summed E-state index contributed by atoms with van der Waals surface area (Å²) in [6.45, 7) is 4.74. The fourth-order valence-corrected chi connectivity index (χ4v) is 2.38. The third-order valence-corrected chi connectivity index (χ3v) is 3.41. The summed E-state index contributed by atoms with van der Waals surface area (Å²) in [6.07, 6.45) is 2.04. The molecule has 0 aliphatic rings. The summed E-state index contributed by atoms with van der Waals surface area (Å²) in [5, 5.41) is 7.96. The molecule has 1 heterocycles. The zero-order valence-electron chi connectivity index (χ0n) is 11.8. The molecule has 0 saturated carbocycles. The first kappa shape index (κ1) is 13.8. The number of nitrogens with one attached hydrogen (secondary N) is 1. The maximum Gasteiger partial charge on any atom is 0.0641 e. The molecule has 102 valence electrons. The molecule has 4 heteroatoms. The summed E-state index contributed by atoms with van der Waals surface area (Å²) in [5.74, 6) is 0. The van der Waals surface area contributed by atoms with Gasteiger partial charge in [-0.05, 0) is 19.4 Å². The highest BCUT2D eigenvalue weighted by Crippen LogP contribution is 2.20. The van der Waals surface area contributed by atoms with Gasteiger partial charge in [0.15, 0.2) is 0 Å². The molecule has 0 radical (unpaired) electrons. The average molecular weight is 258 g/mol. The second-order valence-corrected chi connectivity index (χ2v) is 4.93.